The zero-order valence-corrected chi connectivity index (χ0v) is 7.60. The van der Waals surface area contributed by atoms with Gasteiger partial charge >= 0.3 is 0 Å². The summed E-state index contributed by atoms with van der Waals surface area (Å²) in [4.78, 5) is 0. The van der Waals surface area contributed by atoms with E-state index in [9.17, 15) is 0 Å². The van der Waals surface area contributed by atoms with Crippen LogP contribution < -0.4 is 0 Å². The van der Waals surface area contributed by atoms with Crippen molar-refractivity contribution >= 4 is 0 Å². The summed E-state index contributed by atoms with van der Waals surface area (Å²) in [5.41, 5.74) is 1.65. The Bertz CT molecular complexity index is 236. The van der Waals surface area contributed by atoms with Crippen molar-refractivity contribution in [3.05, 3.63) is 11.6 Å². The molecule has 0 nitrogen and oxygen atoms in total. The molecule has 0 bridgehead atoms. The van der Waals surface area contributed by atoms with Crippen LogP contribution in [-0.2, 0) is 0 Å². The summed E-state index contributed by atoms with van der Waals surface area (Å²) < 4.78 is 0. The van der Waals surface area contributed by atoms with Crippen LogP contribution in [0.3, 0.4) is 0 Å². The first-order chi connectivity index (χ1) is 5.97. The van der Waals surface area contributed by atoms with Gasteiger partial charge in [-0.15, -0.1) is 5.92 Å². The Morgan fingerprint density at radius 3 is 2.92 bits per heavy atom. The highest BCUT2D eigenvalue weighted by Crippen LogP contribution is 2.28. The number of hydrogen-bond acceptors (Lipinski definition) is 0. The second-order valence-corrected chi connectivity index (χ2v) is 3.79. The van der Waals surface area contributed by atoms with Crippen LogP contribution >= 0.6 is 0 Å². The van der Waals surface area contributed by atoms with Crippen LogP contribution in [-0.4, -0.2) is 0 Å². The highest BCUT2D eigenvalue weighted by molar-refractivity contribution is 5.22. The monoisotopic (exact) mass is 160 g/mol. The van der Waals surface area contributed by atoms with E-state index < -0.39 is 0 Å². The van der Waals surface area contributed by atoms with Crippen LogP contribution in [0.4, 0.5) is 0 Å². The van der Waals surface area contributed by atoms with E-state index in [1.54, 1.807) is 5.57 Å². The lowest BCUT2D eigenvalue weighted by molar-refractivity contribution is 0.576. The summed E-state index contributed by atoms with van der Waals surface area (Å²) in [7, 11) is 0. The van der Waals surface area contributed by atoms with Crippen LogP contribution in [0.1, 0.15) is 44.9 Å². The lowest BCUT2D eigenvalue weighted by Crippen LogP contribution is -2.07. The molecule has 0 aromatic carbocycles. The molecule has 64 valence electrons. The smallest absolute Gasteiger partial charge is 0.0412 e. The zero-order valence-electron chi connectivity index (χ0n) is 7.60. The summed E-state index contributed by atoms with van der Waals surface area (Å²) >= 11 is 0. The third-order valence-electron chi connectivity index (χ3n) is 2.84. The first kappa shape index (κ1) is 7.92. The van der Waals surface area contributed by atoms with Gasteiger partial charge in [0.1, 0.15) is 0 Å². The van der Waals surface area contributed by atoms with Gasteiger partial charge in [-0.2, -0.15) is 0 Å². The van der Waals surface area contributed by atoms with Gasteiger partial charge in [-0.25, -0.2) is 0 Å². The molecule has 0 spiro atoms. The predicted molar refractivity (Wildman–Crippen MR) is 51.7 cm³/mol. The van der Waals surface area contributed by atoms with Gasteiger partial charge in [0.15, 0.2) is 0 Å². The minimum absolute atomic E-state index is 0.638. The Balaban J connectivity index is 2.05. The van der Waals surface area contributed by atoms with Crippen molar-refractivity contribution in [3.8, 4) is 11.8 Å². The van der Waals surface area contributed by atoms with E-state index in [2.05, 4.69) is 17.9 Å². The minimum atomic E-state index is 0.638. The molecule has 0 amide bonds. The quantitative estimate of drug-likeness (QED) is 0.408. The second-order valence-electron chi connectivity index (χ2n) is 3.79. The van der Waals surface area contributed by atoms with E-state index in [0.717, 1.165) is 6.42 Å². The number of hydrogen-bond donors (Lipinski definition) is 0. The van der Waals surface area contributed by atoms with Crippen molar-refractivity contribution < 1.29 is 0 Å². The van der Waals surface area contributed by atoms with Crippen LogP contribution in [0.2, 0.25) is 0 Å². The van der Waals surface area contributed by atoms with Gasteiger partial charge in [0.2, 0.25) is 0 Å². The van der Waals surface area contributed by atoms with E-state index >= 15 is 0 Å². The predicted octanol–water partition coefficient (Wildman–Crippen LogP) is 3.29. The Kier molecular flexibility index (Phi) is 2.51. The van der Waals surface area contributed by atoms with Crippen molar-refractivity contribution in [2.75, 3.05) is 0 Å². The molecule has 12 heavy (non-hydrogen) atoms. The van der Waals surface area contributed by atoms with Crippen LogP contribution in [0, 0.1) is 17.8 Å². The highest BCUT2D eigenvalue weighted by atomic mass is 14.2. The fourth-order valence-electron chi connectivity index (χ4n) is 2.12. The maximum absolute atomic E-state index is 3.37. The van der Waals surface area contributed by atoms with Gasteiger partial charge in [-0.05, 0) is 38.5 Å². The SMILES string of the molecule is C1#CC(C2=CCCCC2)CCC1. The van der Waals surface area contributed by atoms with Crippen LogP contribution in [0.15, 0.2) is 11.6 Å². The highest BCUT2D eigenvalue weighted by Gasteiger charge is 2.14. The summed E-state index contributed by atoms with van der Waals surface area (Å²) in [6, 6.07) is 0. The van der Waals surface area contributed by atoms with E-state index in [1.807, 2.05) is 0 Å². The van der Waals surface area contributed by atoms with Crippen molar-refractivity contribution in [2.24, 2.45) is 5.92 Å². The molecular weight excluding hydrogens is 144 g/mol. The third kappa shape index (κ3) is 1.72. The molecule has 0 heterocycles. The Morgan fingerprint density at radius 2 is 2.25 bits per heavy atom. The summed E-state index contributed by atoms with van der Waals surface area (Å²) in [5.74, 6) is 7.25. The largest absolute Gasteiger partial charge is 0.103 e. The Hall–Kier alpha value is -0.700. The van der Waals surface area contributed by atoms with Crippen molar-refractivity contribution in [1.82, 2.24) is 0 Å². The topological polar surface area (TPSA) is 0 Å². The van der Waals surface area contributed by atoms with Crippen molar-refractivity contribution in [2.45, 2.75) is 44.9 Å². The molecule has 0 saturated heterocycles. The molecule has 0 saturated carbocycles. The summed E-state index contributed by atoms with van der Waals surface area (Å²) in [6.45, 7) is 0. The molecular formula is C12H16. The van der Waals surface area contributed by atoms with Gasteiger partial charge in [-0.1, -0.05) is 17.6 Å². The summed E-state index contributed by atoms with van der Waals surface area (Å²) in [5, 5.41) is 0. The van der Waals surface area contributed by atoms with Crippen LogP contribution in [0.25, 0.3) is 0 Å². The number of rotatable bonds is 1. The van der Waals surface area contributed by atoms with Crippen molar-refractivity contribution in [3.63, 3.8) is 0 Å². The van der Waals surface area contributed by atoms with E-state index in [0.29, 0.717) is 5.92 Å². The normalized spacial score (nSPS) is 28.7. The molecule has 2 rings (SSSR count). The fourth-order valence-corrected chi connectivity index (χ4v) is 2.12. The number of allylic oxidation sites excluding steroid dienone is 2. The molecule has 2 aliphatic rings. The Morgan fingerprint density at radius 1 is 1.25 bits per heavy atom. The molecule has 2 aliphatic carbocycles. The lowest BCUT2D eigenvalue weighted by atomic mass is 9.85. The molecule has 0 aromatic rings. The maximum Gasteiger partial charge on any atom is 0.0412 e. The fraction of sp³-hybridized carbons (Fsp3) is 0.667. The maximum atomic E-state index is 3.37. The molecule has 1 atom stereocenters. The average molecular weight is 160 g/mol. The molecule has 0 heteroatoms. The average Bonchev–Trinajstić information content (AvgIpc) is 2.21. The first-order valence-corrected chi connectivity index (χ1v) is 5.14. The van der Waals surface area contributed by atoms with Gasteiger partial charge < -0.3 is 0 Å². The van der Waals surface area contributed by atoms with E-state index in [1.165, 1.54) is 38.5 Å². The lowest BCUT2D eigenvalue weighted by Gasteiger charge is -2.20. The van der Waals surface area contributed by atoms with Gasteiger partial charge in [0.05, 0.1) is 0 Å². The Labute approximate surface area is 75.1 Å². The van der Waals surface area contributed by atoms with Crippen LogP contribution in [0.5, 0.6) is 0 Å². The molecule has 0 N–H and O–H groups in total. The standard InChI is InChI=1S/C12H16/c1-3-7-11(8-4-1)12-9-5-2-6-10-12/h7,12H,1-5,8-9H2. The molecule has 1 unspecified atom stereocenters. The first-order valence-electron chi connectivity index (χ1n) is 5.14. The van der Waals surface area contributed by atoms with Gasteiger partial charge in [0, 0.05) is 12.3 Å². The van der Waals surface area contributed by atoms with Crippen molar-refractivity contribution in [1.29, 1.82) is 0 Å². The zero-order chi connectivity index (χ0) is 8.23. The minimum Gasteiger partial charge on any atom is -0.103 e. The molecule has 0 aliphatic heterocycles. The van der Waals surface area contributed by atoms with E-state index in [4.69, 9.17) is 0 Å². The summed E-state index contributed by atoms with van der Waals surface area (Å²) in [6.07, 6.45) is 11.6. The molecule has 0 aromatic heterocycles. The van der Waals surface area contributed by atoms with E-state index in [-0.39, 0.29) is 0 Å². The van der Waals surface area contributed by atoms with Gasteiger partial charge in [0.25, 0.3) is 0 Å². The third-order valence-corrected chi connectivity index (χ3v) is 2.84. The molecule has 0 radical (unpaired) electrons. The second kappa shape index (κ2) is 3.81. The molecule has 0 fully saturated rings. The van der Waals surface area contributed by atoms with Gasteiger partial charge in [-0.3, -0.25) is 0 Å².